The molecule has 0 bridgehead atoms. The van der Waals surface area contributed by atoms with E-state index in [0.29, 0.717) is 18.3 Å². The van der Waals surface area contributed by atoms with E-state index in [4.69, 9.17) is 14.0 Å². The Morgan fingerprint density at radius 3 is 2.33 bits per heavy atom. The fourth-order valence-electron chi connectivity index (χ4n) is 5.76. The fraction of sp³-hybridized carbons (Fsp3) is 0.724. The van der Waals surface area contributed by atoms with E-state index in [1.54, 1.807) is 58.0 Å². The molecule has 4 unspecified atom stereocenters. The van der Waals surface area contributed by atoms with Crippen molar-refractivity contribution in [3.05, 3.63) is 46.3 Å². The Balaban J connectivity index is 1.88. The first-order valence-corrected chi connectivity index (χ1v) is 16.6. The van der Waals surface area contributed by atoms with Gasteiger partial charge in [0.05, 0.1) is 17.2 Å². The van der Waals surface area contributed by atoms with Crippen LogP contribution in [0.1, 0.15) is 73.8 Å². The Labute approximate surface area is 266 Å². The number of carboxylic acid groups (broad SMARTS) is 1. The number of aliphatic carboxylic acids is 1. The third kappa shape index (κ3) is 8.69. The average Bonchev–Trinajstić information content (AvgIpc) is 3.32. The lowest BCUT2D eigenvalue weighted by Crippen LogP contribution is -2.56. The van der Waals surface area contributed by atoms with Crippen LogP contribution in [0, 0.1) is 5.92 Å². The molecule has 14 nitrogen and oxygen atoms in total. The molecular weight excluding hydrogens is 603 g/mol. The molecule has 3 rings (SSSR count). The summed E-state index contributed by atoms with van der Waals surface area (Å²) in [7, 11) is -4.86. The molecule has 2 heterocycles. The maximum atomic E-state index is 13.9. The summed E-state index contributed by atoms with van der Waals surface area (Å²) in [6, 6.07) is 6.84. The summed E-state index contributed by atoms with van der Waals surface area (Å²) in [6.45, 7) is 14.2. The molecule has 2 saturated heterocycles. The van der Waals surface area contributed by atoms with Crippen molar-refractivity contribution in [2.24, 2.45) is 11.0 Å². The highest BCUT2D eigenvalue weighted by Gasteiger charge is 2.62. The minimum Gasteiger partial charge on any atom is -0.481 e. The molecule has 4 atom stereocenters. The van der Waals surface area contributed by atoms with Crippen LogP contribution in [0.25, 0.3) is 10.4 Å². The van der Waals surface area contributed by atoms with Crippen LogP contribution in [0.2, 0.25) is 6.32 Å². The summed E-state index contributed by atoms with van der Waals surface area (Å²) >= 11 is 0. The summed E-state index contributed by atoms with van der Waals surface area (Å²) in [6.07, 6.45) is 0.407. The molecule has 0 saturated carbocycles. The van der Waals surface area contributed by atoms with Gasteiger partial charge in [0.25, 0.3) is 10.2 Å². The molecule has 1 aromatic carbocycles. The van der Waals surface area contributed by atoms with Crippen molar-refractivity contribution in [1.29, 1.82) is 0 Å². The second-order valence-electron chi connectivity index (χ2n) is 13.8. The molecule has 0 spiro atoms. The zero-order chi connectivity index (χ0) is 33.8. The third-order valence-electron chi connectivity index (χ3n) is 8.61. The zero-order valence-electron chi connectivity index (χ0n) is 27.4. The molecule has 2 aliphatic rings. The summed E-state index contributed by atoms with van der Waals surface area (Å²) in [5, 5.41) is 17.0. The molecule has 2 fully saturated rings. The van der Waals surface area contributed by atoms with Crippen LogP contribution in [0.5, 0.6) is 0 Å². The Bertz CT molecular complexity index is 1350. The number of nitrogens with one attached hydrogen (secondary N) is 2. The van der Waals surface area contributed by atoms with E-state index in [9.17, 15) is 28.6 Å². The van der Waals surface area contributed by atoms with Crippen LogP contribution in [0.4, 0.5) is 4.79 Å². The maximum absolute atomic E-state index is 13.9. The second kappa shape index (κ2) is 13.9. The number of hydrogen-bond donors (Lipinski definition) is 3. The van der Waals surface area contributed by atoms with Crippen molar-refractivity contribution in [2.45, 2.75) is 115 Å². The Kier molecular flexibility index (Phi) is 11.3. The first kappa shape index (κ1) is 36.6. The first-order valence-electron chi connectivity index (χ1n) is 15.2. The predicted molar refractivity (Wildman–Crippen MR) is 170 cm³/mol. The van der Waals surface area contributed by atoms with Gasteiger partial charge in [-0.25, -0.2) is 4.79 Å². The van der Waals surface area contributed by atoms with Gasteiger partial charge < -0.3 is 24.5 Å². The van der Waals surface area contributed by atoms with Gasteiger partial charge in [-0.3, -0.25) is 4.79 Å². The highest BCUT2D eigenvalue weighted by Crippen LogP contribution is 2.44. The van der Waals surface area contributed by atoms with Gasteiger partial charge in [-0.2, -0.15) is 17.4 Å². The van der Waals surface area contributed by atoms with Crippen molar-refractivity contribution < 1.29 is 37.2 Å². The van der Waals surface area contributed by atoms with E-state index in [1.807, 2.05) is 27.7 Å². The van der Waals surface area contributed by atoms with Gasteiger partial charge in [-0.15, -0.1) is 0 Å². The van der Waals surface area contributed by atoms with Crippen LogP contribution >= 0.6 is 0 Å². The van der Waals surface area contributed by atoms with Gasteiger partial charge in [0.1, 0.15) is 5.60 Å². The normalized spacial score (nSPS) is 25.4. The van der Waals surface area contributed by atoms with Gasteiger partial charge in [0.2, 0.25) is 0 Å². The lowest BCUT2D eigenvalue weighted by molar-refractivity contribution is -0.145. The number of benzene rings is 1. The molecule has 16 heteroatoms. The minimum absolute atomic E-state index is 0.00860. The number of alkyl carbamates (subject to hydrolysis) is 1. The molecule has 45 heavy (non-hydrogen) atoms. The molecule has 1 aromatic rings. The summed E-state index contributed by atoms with van der Waals surface area (Å²) in [5.41, 5.74) is 6.40. The van der Waals surface area contributed by atoms with Gasteiger partial charge in [0, 0.05) is 24.0 Å². The number of amides is 1. The van der Waals surface area contributed by atoms with E-state index in [1.165, 1.54) is 0 Å². The Morgan fingerprint density at radius 1 is 1.20 bits per heavy atom. The zero-order valence-corrected chi connectivity index (χ0v) is 28.3. The number of rotatable bonds is 13. The standard InChI is InChI=1S/C29H47BN6O8S/c1-20(18-32-25(39)42-26(2,3)4)33-45(40,41)36-19-22(15-12-16-30-43-27(5,6)28(7,8)44-30)29(24(37)38,34-35-31)23(36)17-21-13-10-9-11-14-21/h9-11,13-14,20,22-23,33H,12,15-19H2,1-8H3,(H,32,39)(H,37,38). The van der Waals surface area contributed by atoms with Crippen LogP contribution in [0.3, 0.4) is 0 Å². The highest BCUT2D eigenvalue weighted by atomic mass is 32.2. The largest absolute Gasteiger partial charge is 0.481 e. The average molecular weight is 651 g/mol. The lowest BCUT2D eigenvalue weighted by Gasteiger charge is -2.34. The number of ether oxygens (including phenoxy) is 1. The van der Waals surface area contributed by atoms with Crippen molar-refractivity contribution in [2.75, 3.05) is 13.1 Å². The van der Waals surface area contributed by atoms with Crippen LogP contribution < -0.4 is 10.0 Å². The van der Waals surface area contributed by atoms with Gasteiger partial charge in [-0.1, -0.05) is 41.9 Å². The monoisotopic (exact) mass is 650 g/mol. The number of hydrogen-bond acceptors (Lipinski definition) is 8. The molecule has 0 aromatic heterocycles. The number of carbonyl (C=O) groups is 2. The van der Waals surface area contributed by atoms with Crippen molar-refractivity contribution >= 4 is 29.4 Å². The fourth-order valence-corrected chi connectivity index (χ4v) is 7.43. The lowest BCUT2D eigenvalue weighted by atomic mass is 9.75. The molecule has 1 amide bonds. The van der Waals surface area contributed by atoms with Crippen molar-refractivity contribution in [3.8, 4) is 0 Å². The Hall–Kier alpha value is -2.88. The van der Waals surface area contributed by atoms with Gasteiger partial charge >= 0.3 is 19.2 Å². The second-order valence-corrected chi connectivity index (χ2v) is 15.5. The number of azide groups is 1. The van der Waals surface area contributed by atoms with Crippen LogP contribution in [-0.4, -0.2) is 84.5 Å². The minimum atomic E-state index is -4.34. The van der Waals surface area contributed by atoms with E-state index in [0.717, 1.165) is 4.31 Å². The van der Waals surface area contributed by atoms with E-state index in [2.05, 4.69) is 20.1 Å². The van der Waals surface area contributed by atoms with Gasteiger partial charge in [-0.05, 0) is 91.6 Å². The number of nitrogens with zero attached hydrogens (tertiary/aromatic N) is 4. The van der Waals surface area contributed by atoms with E-state index >= 15 is 0 Å². The molecule has 3 N–H and O–H groups in total. The summed E-state index contributed by atoms with van der Waals surface area (Å²) in [4.78, 5) is 28.1. The summed E-state index contributed by atoms with van der Waals surface area (Å²) in [5.74, 6) is -2.26. The van der Waals surface area contributed by atoms with E-state index in [-0.39, 0.29) is 25.9 Å². The topological polar surface area (TPSA) is 192 Å². The maximum Gasteiger partial charge on any atom is 0.457 e. The van der Waals surface area contributed by atoms with Crippen LogP contribution in [-0.2, 0) is 35.5 Å². The molecular formula is C29H47BN6O8S. The number of carbonyl (C=O) groups excluding carboxylic acids is 1. The first-order chi connectivity index (χ1) is 20.7. The quantitative estimate of drug-likeness (QED) is 0.122. The summed E-state index contributed by atoms with van der Waals surface area (Å²) < 4.78 is 48.9. The van der Waals surface area contributed by atoms with Crippen molar-refractivity contribution in [3.63, 3.8) is 0 Å². The molecule has 0 aliphatic carbocycles. The SMILES string of the molecule is CC(CNC(=O)OC(C)(C)C)NS(=O)(=O)N1CC(CCCB2OC(C)(C)C(C)(C)O2)C(N=[N+]=[N-])(C(=O)O)C1Cc1ccccc1. The van der Waals surface area contributed by atoms with Crippen LogP contribution in [0.15, 0.2) is 35.4 Å². The predicted octanol–water partition coefficient (Wildman–Crippen LogP) is 4.28. The Morgan fingerprint density at radius 2 is 1.80 bits per heavy atom. The molecule has 2 aliphatic heterocycles. The molecule has 0 radical (unpaired) electrons. The van der Waals surface area contributed by atoms with Crippen molar-refractivity contribution in [1.82, 2.24) is 14.3 Å². The van der Waals surface area contributed by atoms with Gasteiger partial charge in [0.15, 0.2) is 5.54 Å². The molecule has 250 valence electrons. The smallest absolute Gasteiger partial charge is 0.457 e. The van der Waals surface area contributed by atoms with E-state index < -0.39 is 69.7 Å². The third-order valence-corrected chi connectivity index (χ3v) is 10.3. The highest BCUT2D eigenvalue weighted by molar-refractivity contribution is 7.87. The number of carboxylic acids is 1.